The van der Waals surface area contributed by atoms with E-state index >= 15 is 0 Å². The number of anilines is 2. The summed E-state index contributed by atoms with van der Waals surface area (Å²) in [7, 11) is -1.14. The molecule has 1 aliphatic heterocycles. The van der Waals surface area contributed by atoms with Gasteiger partial charge in [-0.05, 0) is 22.9 Å². The second-order valence-corrected chi connectivity index (χ2v) is 7.29. The summed E-state index contributed by atoms with van der Waals surface area (Å²) >= 11 is 3.45. The van der Waals surface area contributed by atoms with Crippen LogP contribution < -0.4 is 10.2 Å². The van der Waals surface area contributed by atoms with Crippen LogP contribution in [0.4, 0.5) is 11.6 Å². The normalized spacial score (nSPS) is 22.8. The van der Waals surface area contributed by atoms with Crippen LogP contribution in [0.25, 0.3) is 0 Å². The fraction of sp³-hybridized carbons (Fsp3) is 0.600. The lowest BCUT2D eigenvalue weighted by Crippen LogP contribution is -2.47. The molecule has 0 aliphatic carbocycles. The molecule has 1 saturated heterocycles. The van der Waals surface area contributed by atoms with Crippen LogP contribution in [0.2, 0.25) is 0 Å². The van der Waals surface area contributed by atoms with E-state index in [1.54, 1.807) is 7.05 Å². The number of sulfone groups is 1. The van der Waals surface area contributed by atoms with E-state index in [-0.39, 0.29) is 17.5 Å². The van der Waals surface area contributed by atoms with Gasteiger partial charge in [0.1, 0.15) is 22.4 Å². The van der Waals surface area contributed by atoms with Crippen LogP contribution in [0.1, 0.15) is 6.92 Å². The van der Waals surface area contributed by atoms with Crippen LogP contribution in [-0.2, 0) is 9.84 Å². The number of rotatable bonds is 2. The van der Waals surface area contributed by atoms with Gasteiger partial charge in [-0.1, -0.05) is 0 Å². The minimum absolute atomic E-state index is 0.0837. The molecule has 0 saturated carbocycles. The van der Waals surface area contributed by atoms with Crippen LogP contribution in [0.15, 0.2) is 10.8 Å². The quantitative estimate of drug-likeness (QED) is 0.866. The molecule has 1 aromatic heterocycles. The standard InChI is InChI=1S/C10H15BrN4O2S/c1-7-5-18(16,17)4-3-15(7)10-8(11)9(12-2)13-6-14-10/h6-7H,3-5H2,1-2H3,(H,12,13,14). The maximum absolute atomic E-state index is 11.6. The number of halogens is 1. The molecule has 0 amide bonds. The van der Waals surface area contributed by atoms with E-state index in [4.69, 9.17) is 0 Å². The van der Waals surface area contributed by atoms with Gasteiger partial charge in [0, 0.05) is 19.6 Å². The molecule has 8 heteroatoms. The van der Waals surface area contributed by atoms with Crippen LogP contribution in [0, 0.1) is 0 Å². The lowest BCUT2D eigenvalue weighted by Gasteiger charge is -2.34. The maximum Gasteiger partial charge on any atom is 0.154 e. The molecule has 1 atom stereocenters. The predicted octanol–water partition coefficient (Wildman–Crippen LogP) is 0.904. The van der Waals surface area contributed by atoms with Crippen molar-refractivity contribution in [2.24, 2.45) is 0 Å². The predicted molar refractivity (Wildman–Crippen MR) is 74.7 cm³/mol. The van der Waals surface area contributed by atoms with Crippen LogP contribution in [0.5, 0.6) is 0 Å². The van der Waals surface area contributed by atoms with Gasteiger partial charge in [0.25, 0.3) is 0 Å². The zero-order valence-corrected chi connectivity index (χ0v) is 12.6. The van der Waals surface area contributed by atoms with Crippen molar-refractivity contribution in [3.63, 3.8) is 0 Å². The first-order valence-corrected chi connectivity index (χ1v) is 8.21. The molecular formula is C10H15BrN4O2S. The van der Waals surface area contributed by atoms with Gasteiger partial charge >= 0.3 is 0 Å². The van der Waals surface area contributed by atoms with Crippen molar-refractivity contribution < 1.29 is 8.42 Å². The molecule has 6 nitrogen and oxygen atoms in total. The molecule has 0 bridgehead atoms. The van der Waals surface area contributed by atoms with E-state index < -0.39 is 9.84 Å². The monoisotopic (exact) mass is 334 g/mol. The van der Waals surface area contributed by atoms with Gasteiger partial charge in [0.2, 0.25) is 0 Å². The molecule has 1 aliphatic rings. The van der Waals surface area contributed by atoms with Crippen molar-refractivity contribution in [3.8, 4) is 0 Å². The Bertz CT molecular complexity index is 549. The van der Waals surface area contributed by atoms with Gasteiger partial charge < -0.3 is 10.2 Å². The van der Waals surface area contributed by atoms with Gasteiger partial charge in [0.15, 0.2) is 9.84 Å². The van der Waals surface area contributed by atoms with Crippen molar-refractivity contribution >= 4 is 37.4 Å². The maximum atomic E-state index is 11.6. The van der Waals surface area contributed by atoms with E-state index in [9.17, 15) is 8.42 Å². The zero-order valence-electron chi connectivity index (χ0n) is 10.2. The van der Waals surface area contributed by atoms with Gasteiger partial charge in [-0.15, -0.1) is 0 Å². The third kappa shape index (κ3) is 2.59. The first-order chi connectivity index (χ1) is 8.44. The molecule has 100 valence electrons. The number of nitrogens with one attached hydrogen (secondary N) is 1. The van der Waals surface area contributed by atoms with Crippen LogP contribution in [-0.4, -0.2) is 49.5 Å². The van der Waals surface area contributed by atoms with Crippen molar-refractivity contribution in [1.82, 2.24) is 9.97 Å². The lowest BCUT2D eigenvalue weighted by atomic mass is 10.3. The summed E-state index contributed by atoms with van der Waals surface area (Å²) in [6.07, 6.45) is 1.47. The second-order valence-electron chi connectivity index (χ2n) is 4.27. The molecule has 1 N–H and O–H groups in total. The SMILES string of the molecule is CNc1ncnc(N2CCS(=O)(=O)CC2C)c1Br. The summed E-state index contributed by atoms with van der Waals surface area (Å²) in [5.41, 5.74) is 0. The Morgan fingerprint density at radius 3 is 2.83 bits per heavy atom. The van der Waals surface area contributed by atoms with Gasteiger partial charge in [-0.3, -0.25) is 0 Å². The first-order valence-electron chi connectivity index (χ1n) is 5.60. The number of nitrogens with zero attached hydrogens (tertiary/aromatic N) is 3. The fourth-order valence-electron chi connectivity index (χ4n) is 2.05. The third-order valence-electron chi connectivity index (χ3n) is 2.95. The molecule has 1 aromatic rings. The van der Waals surface area contributed by atoms with Gasteiger partial charge in [-0.2, -0.15) is 0 Å². The molecule has 0 aromatic carbocycles. The summed E-state index contributed by atoms with van der Waals surface area (Å²) in [6, 6.07) is -0.0837. The number of hydrogen-bond donors (Lipinski definition) is 1. The lowest BCUT2D eigenvalue weighted by molar-refractivity contribution is 0.566. The fourth-order valence-corrected chi connectivity index (χ4v) is 4.24. The Morgan fingerprint density at radius 2 is 2.22 bits per heavy atom. The summed E-state index contributed by atoms with van der Waals surface area (Å²) in [5.74, 6) is 1.76. The average Bonchev–Trinajstić information content (AvgIpc) is 2.29. The second kappa shape index (κ2) is 5.00. The van der Waals surface area contributed by atoms with Gasteiger partial charge in [-0.25, -0.2) is 18.4 Å². The molecule has 0 radical (unpaired) electrons. The van der Waals surface area contributed by atoms with Gasteiger partial charge in [0.05, 0.1) is 11.5 Å². The van der Waals surface area contributed by atoms with Crippen molar-refractivity contribution in [2.75, 3.05) is 35.3 Å². The molecule has 18 heavy (non-hydrogen) atoms. The van der Waals surface area contributed by atoms with Crippen molar-refractivity contribution in [1.29, 1.82) is 0 Å². The smallest absolute Gasteiger partial charge is 0.154 e. The van der Waals surface area contributed by atoms with E-state index in [0.717, 1.165) is 10.3 Å². The Labute approximate surface area is 115 Å². The molecule has 2 heterocycles. The van der Waals surface area contributed by atoms with Crippen LogP contribution in [0.3, 0.4) is 0 Å². The summed E-state index contributed by atoms with van der Waals surface area (Å²) < 4.78 is 23.9. The van der Waals surface area contributed by atoms with E-state index in [1.165, 1.54) is 6.33 Å². The highest BCUT2D eigenvalue weighted by Gasteiger charge is 2.30. The number of aromatic nitrogens is 2. The van der Waals surface area contributed by atoms with E-state index in [2.05, 4.69) is 31.2 Å². The topological polar surface area (TPSA) is 75.2 Å². The molecule has 2 rings (SSSR count). The minimum atomic E-state index is -2.92. The third-order valence-corrected chi connectivity index (χ3v) is 5.48. The first kappa shape index (κ1) is 13.5. The molecular weight excluding hydrogens is 320 g/mol. The largest absolute Gasteiger partial charge is 0.372 e. The minimum Gasteiger partial charge on any atom is -0.372 e. The number of hydrogen-bond acceptors (Lipinski definition) is 6. The summed E-state index contributed by atoms with van der Waals surface area (Å²) in [5, 5.41) is 2.96. The van der Waals surface area contributed by atoms with Crippen molar-refractivity contribution in [3.05, 3.63) is 10.8 Å². The molecule has 1 fully saturated rings. The Morgan fingerprint density at radius 1 is 1.50 bits per heavy atom. The molecule has 1 unspecified atom stereocenters. The van der Waals surface area contributed by atoms with Crippen molar-refractivity contribution in [2.45, 2.75) is 13.0 Å². The summed E-state index contributed by atoms with van der Waals surface area (Å²) in [4.78, 5) is 10.3. The highest BCUT2D eigenvalue weighted by molar-refractivity contribution is 9.10. The Balaban J connectivity index is 2.33. The molecule has 0 spiro atoms. The Hall–Kier alpha value is -0.890. The average molecular weight is 335 g/mol. The zero-order chi connectivity index (χ0) is 13.3. The van der Waals surface area contributed by atoms with E-state index in [1.807, 2.05) is 11.8 Å². The summed E-state index contributed by atoms with van der Waals surface area (Å²) in [6.45, 7) is 2.35. The van der Waals surface area contributed by atoms with E-state index in [0.29, 0.717) is 12.4 Å². The Kier molecular flexibility index (Phi) is 3.76. The van der Waals surface area contributed by atoms with Crippen LogP contribution >= 0.6 is 15.9 Å². The highest BCUT2D eigenvalue weighted by atomic mass is 79.9. The highest BCUT2D eigenvalue weighted by Crippen LogP contribution is 2.31.